The highest BCUT2D eigenvalue weighted by molar-refractivity contribution is 9.10. The number of hydrogen-bond donors (Lipinski definition) is 1. The molecule has 1 aromatic rings. The zero-order valence-electron chi connectivity index (χ0n) is 12.3. The number of halogens is 1. The Hall–Kier alpha value is -0.390. The Kier molecular flexibility index (Phi) is 4.69. The van der Waals surface area contributed by atoms with Gasteiger partial charge in [-0.2, -0.15) is 5.10 Å². The second-order valence-corrected chi connectivity index (χ2v) is 6.66. The number of aromatic nitrogens is 2. The van der Waals surface area contributed by atoms with Crippen molar-refractivity contribution >= 4 is 15.9 Å². The zero-order chi connectivity index (χ0) is 14.0. The van der Waals surface area contributed by atoms with Gasteiger partial charge in [-0.15, -0.1) is 0 Å². The first kappa shape index (κ1) is 15.0. The minimum atomic E-state index is -0.00577. The van der Waals surface area contributed by atoms with Gasteiger partial charge in [0.15, 0.2) is 0 Å². The lowest BCUT2D eigenvalue weighted by molar-refractivity contribution is -0.0631. The molecule has 2 heterocycles. The Labute approximate surface area is 124 Å². The van der Waals surface area contributed by atoms with Gasteiger partial charge in [0.25, 0.3) is 0 Å². The molecule has 4 nitrogen and oxygen atoms in total. The van der Waals surface area contributed by atoms with Crippen molar-refractivity contribution in [2.24, 2.45) is 7.05 Å². The van der Waals surface area contributed by atoms with Crippen molar-refractivity contribution in [2.75, 3.05) is 6.61 Å². The van der Waals surface area contributed by atoms with Crippen LogP contribution in [0.4, 0.5) is 0 Å². The fourth-order valence-electron chi connectivity index (χ4n) is 2.66. The van der Waals surface area contributed by atoms with Gasteiger partial charge in [-0.25, -0.2) is 0 Å². The van der Waals surface area contributed by atoms with E-state index in [0.717, 1.165) is 42.6 Å². The summed E-state index contributed by atoms with van der Waals surface area (Å²) in [4.78, 5) is 0. The van der Waals surface area contributed by atoms with Crippen molar-refractivity contribution < 1.29 is 4.74 Å². The Morgan fingerprint density at radius 3 is 2.84 bits per heavy atom. The van der Waals surface area contributed by atoms with Gasteiger partial charge in [-0.1, -0.05) is 6.92 Å². The standard InChI is InChI=1S/C14H24BrN3O/c1-5-11-13(15)12(18(4)17-11)9-16-10-6-7-19-14(2,3)8-10/h10,16H,5-9H2,1-4H3. The number of hydrogen-bond acceptors (Lipinski definition) is 3. The molecule has 1 saturated heterocycles. The largest absolute Gasteiger partial charge is 0.375 e. The van der Waals surface area contributed by atoms with Gasteiger partial charge in [0, 0.05) is 26.2 Å². The molecule has 0 aromatic carbocycles. The monoisotopic (exact) mass is 329 g/mol. The van der Waals surface area contributed by atoms with E-state index in [9.17, 15) is 0 Å². The Bertz CT molecular complexity index is 442. The average molecular weight is 330 g/mol. The van der Waals surface area contributed by atoms with Crippen LogP contribution in [0.1, 0.15) is 45.0 Å². The van der Waals surface area contributed by atoms with Crippen molar-refractivity contribution in [2.45, 2.75) is 58.2 Å². The third kappa shape index (κ3) is 3.58. The molecule has 0 aliphatic carbocycles. The van der Waals surface area contributed by atoms with Crippen molar-refractivity contribution in [3.63, 3.8) is 0 Å². The lowest BCUT2D eigenvalue weighted by atomic mass is 9.94. The predicted molar refractivity (Wildman–Crippen MR) is 80.2 cm³/mol. The van der Waals surface area contributed by atoms with E-state index in [1.165, 1.54) is 5.69 Å². The summed E-state index contributed by atoms with van der Waals surface area (Å²) in [6.45, 7) is 8.15. The summed E-state index contributed by atoms with van der Waals surface area (Å²) in [5.41, 5.74) is 2.35. The van der Waals surface area contributed by atoms with Crippen LogP contribution in [0.15, 0.2) is 4.47 Å². The molecule has 1 unspecified atom stereocenters. The van der Waals surface area contributed by atoms with Crippen molar-refractivity contribution in [1.82, 2.24) is 15.1 Å². The molecule has 0 saturated carbocycles. The molecule has 1 aliphatic heterocycles. The summed E-state index contributed by atoms with van der Waals surface area (Å²) in [6, 6.07) is 0.524. The normalized spacial score (nSPS) is 22.7. The van der Waals surface area contributed by atoms with Gasteiger partial charge in [0.2, 0.25) is 0 Å². The van der Waals surface area contributed by atoms with Crippen LogP contribution < -0.4 is 5.32 Å². The first-order valence-corrected chi connectivity index (χ1v) is 7.80. The molecule has 1 atom stereocenters. The fraction of sp³-hybridized carbons (Fsp3) is 0.786. The van der Waals surface area contributed by atoms with Gasteiger partial charge >= 0.3 is 0 Å². The first-order chi connectivity index (χ1) is 8.93. The number of aryl methyl sites for hydroxylation is 2. The topological polar surface area (TPSA) is 39.1 Å². The van der Waals surface area contributed by atoms with Gasteiger partial charge in [0.05, 0.1) is 21.5 Å². The predicted octanol–water partition coefficient (Wildman–Crippen LogP) is 2.79. The van der Waals surface area contributed by atoms with E-state index in [2.05, 4.69) is 47.1 Å². The summed E-state index contributed by atoms with van der Waals surface area (Å²) in [7, 11) is 2.01. The van der Waals surface area contributed by atoms with Crippen LogP contribution >= 0.6 is 15.9 Å². The van der Waals surface area contributed by atoms with Crippen molar-refractivity contribution in [3.8, 4) is 0 Å². The number of rotatable bonds is 4. The maximum absolute atomic E-state index is 5.75. The molecule has 1 aromatic heterocycles. The number of nitrogens with one attached hydrogen (secondary N) is 1. The fourth-order valence-corrected chi connectivity index (χ4v) is 3.42. The van der Waals surface area contributed by atoms with E-state index in [1.54, 1.807) is 0 Å². The first-order valence-electron chi connectivity index (χ1n) is 7.00. The van der Waals surface area contributed by atoms with Gasteiger partial charge in [-0.05, 0) is 49.0 Å². The molecule has 0 amide bonds. The van der Waals surface area contributed by atoms with E-state index in [4.69, 9.17) is 4.74 Å². The summed E-state index contributed by atoms with van der Waals surface area (Å²) in [5.74, 6) is 0. The van der Waals surface area contributed by atoms with Crippen LogP contribution in [-0.4, -0.2) is 28.0 Å². The Morgan fingerprint density at radius 1 is 1.53 bits per heavy atom. The molecule has 0 spiro atoms. The minimum Gasteiger partial charge on any atom is -0.375 e. The van der Waals surface area contributed by atoms with Crippen molar-refractivity contribution in [1.29, 1.82) is 0 Å². The molecular weight excluding hydrogens is 306 g/mol. The molecular formula is C14H24BrN3O. The molecule has 0 radical (unpaired) electrons. The van der Waals surface area contributed by atoms with Crippen LogP contribution in [0.25, 0.3) is 0 Å². The number of nitrogens with zero attached hydrogens (tertiary/aromatic N) is 2. The molecule has 5 heteroatoms. The highest BCUT2D eigenvalue weighted by Gasteiger charge is 2.28. The van der Waals surface area contributed by atoms with Gasteiger partial charge < -0.3 is 10.1 Å². The number of ether oxygens (including phenoxy) is 1. The summed E-state index contributed by atoms with van der Waals surface area (Å²) in [5, 5.41) is 8.17. The van der Waals surface area contributed by atoms with Crippen LogP contribution in [-0.2, 0) is 24.8 Å². The third-order valence-electron chi connectivity index (χ3n) is 3.76. The minimum absolute atomic E-state index is 0.00577. The quantitative estimate of drug-likeness (QED) is 0.923. The Morgan fingerprint density at radius 2 is 2.26 bits per heavy atom. The van der Waals surface area contributed by atoms with E-state index >= 15 is 0 Å². The van der Waals surface area contributed by atoms with E-state index in [0.29, 0.717) is 6.04 Å². The van der Waals surface area contributed by atoms with Crippen LogP contribution in [0, 0.1) is 0 Å². The molecule has 1 fully saturated rings. The Balaban J connectivity index is 1.97. The summed E-state index contributed by atoms with van der Waals surface area (Å²) >= 11 is 3.66. The lowest BCUT2D eigenvalue weighted by Gasteiger charge is -2.36. The molecule has 0 bridgehead atoms. The average Bonchev–Trinajstić information content (AvgIpc) is 2.61. The highest BCUT2D eigenvalue weighted by atomic mass is 79.9. The smallest absolute Gasteiger partial charge is 0.0767 e. The second kappa shape index (κ2) is 5.94. The maximum Gasteiger partial charge on any atom is 0.0767 e. The van der Waals surface area contributed by atoms with Gasteiger partial charge in [-0.3, -0.25) is 4.68 Å². The third-order valence-corrected chi connectivity index (χ3v) is 4.67. The molecule has 2 rings (SSSR count). The van der Waals surface area contributed by atoms with Crippen LogP contribution in [0.2, 0.25) is 0 Å². The summed E-state index contributed by atoms with van der Waals surface area (Å²) in [6.07, 6.45) is 3.10. The van der Waals surface area contributed by atoms with E-state index < -0.39 is 0 Å². The zero-order valence-corrected chi connectivity index (χ0v) is 13.9. The van der Waals surface area contributed by atoms with Crippen molar-refractivity contribution in [3.05, 3.63) is 15.9 Å². The molecule has 108 valence electrons. The van der Waals surface area contributed by atoms with Crippen LogP contribution in [0.5, 0.6) is 0 Å². The highest BCUT2D eigenvalue weighted by Crippen LogP contribution is 2.25. The molecule has 1 N–H and O–H groups in total. The van der Waals surface area contributed by atoms with Crippen LogP contribution in [0.3, 0.4) is 0 Å². The van der Waals surface area contributed by atoms with E-state index in [-0.39, 0.29) is 5.60 Å². The second-order valence-electron chi connectivity index (χ2n) is 5.86. The van der Waals surface area contributed by atoms with Gasteiger partial charge in [0.1, 0.15) is 0 Å². The SMILES string of the molecule is CCc1nn(C)c(CNC2CCOC(C)(C)C2)c1Br. The lowest BCUT2D eigenvalue weighted by Crippen LogP contribution is -2.43. The maximum atomic E-state index is 5.75. The summed E-state index contributed by atoms with van der Waals surface area (Å²) < 4.78 is 8.87. The molecule has 1 aliphatic rings. The molecule has 19 heavy (non-hydrogen) atoms. The van der Waals surface area contributed by atoms with E-state index in [1.807, 2.05) is 11.7 Å².